The number of thiophene rings is 1. The molecule has 1 N–H and O–H groups in total. The first-order chi connectivity index (χ1) is 9.81. The van der Waals surface area contributed by atoms with Crippen LogP contribution in [0.3, 0.4) is 0 Å². The van der Waals surface area contributed by atoms with Crippen molar-refractivity contribution in [2.24, 2.45) is 5.92 Å². The average Bonchev–Trinajstić information content (AvgIpc) is 3.13. The molecule has 3 rings (SSSR count). The van der Waals surface area contributed by atoms with Crippen molar-refractivity contribution in [3.05, 3.63) is 22.4 Å². The maximum absolute atomic E-state index is 12.3. The smallest absolute Gasteiger partial charge is 0.223 e. The highest BCUT2D eigenvalue weighted by molar-refractivity contribution is 7.09. The van der Waals surface area contributed by atoms with E-state index in [1.165, 1.54) is 30.6 Å². The van der Waals surface area contributed by atoms with E-state index in [9.17, 15) is 4.79 Å². The summed E-state index contributed by atoms with van der Waals surface area (Å²) in [4.78, 5) is 16.2. The Bertz CT molecular complexity index is 418. The zero-order valence-corrected chi connectivity index (χ0v) is 12.8. The fourth-order valence-corrected chi connectivity index (χ4v) is 4.11. The highest BCUT2D eigenvalue weighted by Gasteiger charge is 2.27. The van der Waals surface area contributed by atoms with Crippen molar-refractivity contribution in [1.82, 2.24) is 10.2 Å². The van der Waals surface area contributed by atoms with Gasteiger partial charge in [0.2, 0.25) is 5.91 Å². The number of carbonyl (C=O) groups excluding carboxylic acids is 1. The molecule has 0 bridgehead atoms. The highest BCUT2D eigenvalue weighted by Crippen LogP contribution is 2.23. The van der Waals surface area contributed by atoms with Crippen LogP contribution in [-0.2, 0) is 11.3 Å². The number of hydrogen-bond acceptors (Lipinski definition) is 3. The molecule has 1 saturated heterocycles. The molecule has 0 unspecified atom stereocenters. The van der Waals surface area contributed by atoms with Crippen LogP contribution < -0.4 is 5.32 Å². The number of nitrogens with one attached hydrogen (secondary N) is 1. The Labute approximate surface area is 125 Å². The van der Waals surface area contributed by atoms with Crippen LogP contribution >= 0.6 is 11.3 Å². The van der Waals surface area contributed by atoms with Crippen molar-refractivity contribution in [1.29, 1.82) is 0 Å². The molecule has 2 aliphatic rings. The topological polar surface area (TPSA) is 32.3 Å². The molecule has 20 heavy (non-hydrogen) atoms. The summed E-state index contributed by atoms with van der Waals surface area (Å²) in [6.07, 6.45) is 6.97. The number of piperidine rings is 1. The van der Waals surface area contributed by atoms with E-state index >= 15 is 0 Å². The summed E-state index contributed by atoms with van der Waals surface area (Å²) in [7, 11) is 0. The summed E-state index contributed by atoms with van der Waals surface area (Å²) < 4.78 is 0. The summed E-state index contributed by atoms with van der Waals surface area (Å²) in [5, 5.41) is 5.39. The lowest BCUT2D eigenvalue weighted by molar-refractivity contribution is -0.127. The molecule has 0 atom stereocenters. The standard InChI is InChI=1S/C16H24N2OS/c19-16(17-14-4-1-2-5-14)13-7-9-18(10-8-13)12-15-6-3-11-20-15/h3,6,11,13-14H,1-2,4-5,7-10,12H2,(H,17,19). The molecule has 1 aromatic heterocycles. The number of likely N-dealkylation sites (tertiary alicyclic amines) is 1. The van der Waals surface area contributed by atoms with Gasteiger partial charge in [0.25, 0.3) is 0 Å². The third-order valence-electron chi connectivity index (χ3n) is 4.62. The van der Waals surface area contributed by atoms with E-state index in [1.54, 1.807) is 0 Å². The van der Waals surface area contributed by atoms with E-state index in [4.69, 9.17) is 0 Å². The summed E-state index contributed by atoms with van der Waals surface area (Å²) in [6, 6.07) is 4.78. The van der Waals surface area contributed by atoms with Crippen molar-refractivity contribution >= 4 is 17.2 Å². The first kappa shape index (κ1) is 14.1. The quantitative estimate of drug-likeness (QED) is 0.925. The van der Waals surface area contributed by atoms with Gasteiger partial charge in [0, 0.05) is 23.4 Å². The number of nitrogens with zero attached hydrogens (tertiary/aromatic N) is 1. The van der Waals surface area contributed by atoms with Gasteiger partial charge in [-0.3, -0.25) is 9.69 Å². The molecule has 2 heterocycles. The Hall–Kier alpha value is -0.870. The first-order valence-electron chi connectivity index (χ1n) is 7.86. The fourth-order valence-electron chi connectivity index (χ4n) is 3.37. The number of hydrogen-bond donors (Lipinski definition) is 1. The van der Waals surface area contributed by atoms with E-state index in [0.717, 1.165) is 32.5 Å². The van der Waals surface area contributed by atoms with Crippen molar-refractivity contribution in [2.75, 3.05) is 13.1 Å². The van der Waals surface area contributed by atoms with Crippen LogP contribution in [0.15, 0.2) is 17.5 Å². The summed E-state index contributed by atoms with van der Waals surface area (Å²) in [5.41, 5.74) is 0. The number of amides is 1. The molecule has 1 amide bonds. The predicted molar refractivity (Wildman–Crippen MR) is 82.7 cm³/mol. The monoisotopic (exact) mass is 292 g/mol. The second kappa shape index (κ2) is 6.72. The summed E-state index contributed by atoms with van der Waals surface area (Å²) >= 11 is 1.82. The van der Waals surface area contributed by atoms with Gasteiger partial charge in [-0.2, -0.15) is 0 Å². The minimum Gasteiger partial charge on any atom is -0.353 e. The Balaban J connectivity index is 1.42. The average molecular weight is 292 g/mol. The molecule has 0 spiro atoms. The van der Waals surface area contributed by atoms with Gasteiger partial charge in [0.1, 0.15) is 0 Å². The SMILES string of the molecule is O=C(NC1CCCC1)C1CCN(Cc2cccs2)CC1. The molecule has 3 nitrogen and oxygen atoms in total. The van der Waals surface area contributed by atoms with E-state index in [1.807, 2.05) is 11.3 Å². The van der Waals surface area contributed by atoms with Crippen LogP contribution in [0, 0.1) is 5.92 Å². The van der Waals surface area contributed by atoms with Gasteiger partial charge in [-0.1, -0.05) is 18.9 Å². The van der Waals surface area contributed by atoms with Crippen LogP contribution in [0.5, 0.6) is 0 Å². The lowest BCUT2D eigenvalue weighted by Gasteiger charge is -2.31. The lowest BCUT2D eigenvalue weighted by Crippen LogP contribution is -2.42. The predicted octanol–water partition coefficient (Wildman–Crippen LogP) is 3.02. The molecule has 1 aromatic rings. The Morgan fingerprint density at radius 2 is 2.00 bits per heavy atom. The largest absolute Gasteiger partial charge is 0.353 e. The second-order valence-electron chi connectivity index (χ2n) is 6.12. The zero-order valence-electron chi connectivity index (χ0n) is 12.0. The normalized spacial score (nSPS) is 22.2. The highest BCUT2D eigenvalue weighted by atomic mass is 32.1. The van der Waals surface area contributed by atoms with Gasteiger partial charge in [0.15, 0.2) is 0 Å². The van der Waals surface area contributed by atoms with E-state index in [2.05, 4.69) is 27.7 Å². The number of rotatable bonds is 4. The summed E-state index contributed by atoms with van der Waals surface area (Å²) in [5.74, 6) is 0.558. The molecular formula is C16H24N2OS. The molecule has 110 valence electrons. The molecule has 1 aliphatic heterocycles. The van der Waals surface area contributed by atoms with E-state index in [-0.39, 0.29) is 5.92 Å². The minimum atomic E-state index is 0.246. The van der Waals surface area contributed by atoms with Crippen LogP contribution in [0.1, 0.15) is 43.4 Å². The Kier molecular flexibility index (Phi) is 4.73. The van der Waals surface area contributed by atoms with Crippen LogP contribution in [0.25, 0.3) is 0 Å². The van der Waals surface area contributed by atoms with E-state index in [0.29, 0.717) is 11.9 Å². The van der Waals surface area contributed by atoms with Gasteiger partial charge in [-0.25, -0.2) is 0 Å². The summed E-state index contributed by atoms with van der Waals surface area (Å²) in [6.45, 7) is 3.16. The maximum atomic E-state index is 12.3. The van der Waals surface area contributed by atoms with Crippen LogP contribution in [0.2, 0.25) is 0 Å². The molecule has 1 saturated carbocycles. The van der Waals surface area contributed by atoms with Crippen LogP contribution in [-0.4, -0.2) is 29.9 Å². The van der Waals surface area contributed by atoms with Gasteiger partial charge in [-0.15, -0.1) is 11.3 Å². The van der Waals surface area contributed by atoms with E-state index < -0.39 is 0 Å². The maximum Gasteiger partial charge on any atom is 0.223 e. The third kappa shape index (κ3) is 3.61. The third-order valence-corrected chi connectivity index (χ3v) is 5.48. The van der Waals surface area contributed by atoms with Crippen molar-refractivity contribution < 1.29 is 4.79 Å². The van der Waals surface area contributed by atoms with Gasteiger partial charge >= 0.3 is 0 Å². The Morgan fingerprint density at radius 1 is 1.25 bits per heavy atom. The van der Waals surface area contributed by atoms with Crippen LogP contribution in [0.4, 0.5) is 0 Å². The van der Waals surface area contributed by atoms with Crippen molar-refractivity contribution in [3.63, 3.8) is 0 Å². The van der Waals surface area contributed by atoms with Gasteiger partial charge in [-0.05, 0) is 50.2 Å². The van der Waals surface area contributed by atoms with Gasteiger partial charge in [0.05, 0.1) is 0 Å². The molecular weight excluding hydrogens is 268 g/mol. The fraction of sp³-hybridized carbons (Fsp3) is 0.688. The first-order valence-corrected chi connectivity index (χ1v) is 8.74. The molecule has 0 aromatic carbocycles. The molecule has 2 fully saturated rings. The van der Waals surface area contributed by atoms with Gasteiger partial charge < -0.3 is 5.32 Å². The number of carbonyl (C=O) groups is 1. The lowest BCUT2D eigenvalue weighted by atomic mass is 9.95. The zero-order chi connectivity index (χ0) is 13.8. The molecule has 4 heteroatoms. The minimum absolute atomic E-state index is 0.246. The molecule has 1 aliphatic carbocycles. The molecule has 0 radical (unpaired) electrons. The Morgan fingerprint density at radius 3 is 2.65 bits per heavy atom. The second-order valence-corrected chi connectivity index (χ2v) is 7.15. The van der Waals surface area contributed by atoms with Crippen molar-refractivity contribution in [3.8, 4) is 0 Å². The van der Waals surface area contributed by atoms with Crippen molar-refractivity contribution in [2.45, 2.75) is 51.1 Å².